The van der Waals surface area contributed by atoms with Gasteiger partial charge >= 0.3 is 20.4 Å². The van der Waals surface area contributed by atoms with Crippen molar-refractivity contribution in [3.63, 3.8) is 0 Å². The third kappa shape index (κ3) is 11.3. The van der Waals surface area contributed by atoms with Gasteiger partial charge in [0.15, 0.2) is 0 Å². The van der Waals surface area contributed by atoms with Gasteiger partial charge in [-0.1, -0.05) is 97.1 Å². The van der Waals surface area contributed by atoms with Gasteiger partial charge in [0, 0.05) is 51.0 Å². The van der Waals surface area contributed by atoms with Gasteiger partial charge < -0.3 is 29.8 Å². The molecular weight excluding hydrogens is 655 g/mol. The van der Waals surface area contributed by atoms with Crippen LogP contribution in [0.4, 0.5) is 11.4 Å². The van der Waals surface area contributed by atoms with Crippen LogP contribution in [0.3, 0.4) is 0 Å². The van der Waals surface area contributed by atoms with Gasteiger partial charge in [-0.2, -0.15) is 0 Å². The minimum Gasteiger partial charge on any atom is -0.860 e. The average molecular weight is 687 g/mol. The van der Waals surface area contributed by atoms with E-state index in [1.807, 2.05) is 132 Å². The molecule has 0 atom stereocenters. The van der Waals surface area contributed by atoms with Crippen molar-refractivity contribution in [2.75, 3.05) is 13.1 Å². The zero-order chi connectivity index (χ0) is 30.4. The molecule has 0 aromatic heterocycles. The Hall–Kier alpha value is -4.84. The first-order valence-electron chi connectivity index (χ1n) is 14.2. The zero-order valence-corrected chi connectivity index (χ0v) is 26.1. The molecule has 45 heavy (non-hydrogen) atoms. The van der Waals surface area contributed by atoms with Crippen LogP contribution < -0.4 is 10.2 Å². The number of hydrogen-bond donors (Lipinski definition) is 0. The Kier molecular flexibility index (Phi) is 12.8. The average Bonchev–Trinajstić information content (AvgIpc) is 3.68. The maximum absolute atomic E-state index is 11.9. The van der Waals surface area contributed by atoms with Gasteiger partial charge in [-0.15, -0.1) is 0 Å². The SMILES string of the molecule is [O-]C(CN1[C]N(Cc2ccccc2)C=C1)=Nc1ccccc1.[O-]C(CN1[C]N(Cc2ccccc2)C=C1)=Nc1ccccc1.[Pd+2]. The Morgan fingerprint density at radius 2 is 0.778 bits per heavy atom. The largest absolute Gasteiger partial charge is 2.00 e. The van der Waals surface area contributed by atoms with E-state index in [9.17, 15) is 10.2 Å². The van der Waals surface area contributed by atoms with Gasteiger partial charge in [0.1, 0.15) is 0 Å². The molecule has 0 saturated heterocycles. The molecule has 9 heteroatoms. The van der Waals surface area contributed by atoms with E-state index in [1.54, 1.807) is 9.80 Å². The summed E-state index contributed by atoms with van der Waals surface area (Å²) in [4.78, 5) is 15.4. The quantitative estimate of drug-likeness (QED) is 0.137. The number of aliphatic imine (C=N–C) groups is 2. The van der Waals surface area contributed by atoms with E-state index < -0.39 is 0 Å². The van der Waals surface area contributed by atoms with E-state index in [0.29, 0.717) is 11.4 Å². The van der Waals surface area contributed by atoms with E-state index in [0.717, 1.165) is 13.1 Å². The van der Waals surface area contributed by atoms with Crippen molar-refractivity contribution >= 4 is 23.2 Å². The summed E-state index contributed by atoms with van der Waals surface area (Å²) < 4.78 is 0. The molecule has 228 valence electrons. The van der Waals surface area contributed by atoms with E-state index in [-0.39, 0.29) is 45.3 Å². The maximum Gasteiger partial charge on any atom is 2.00 e. The van der Waals surface area contributed by atoms with Crippen LogP contribution in [-0.2, 0) is 33.5 Å². The molecule has 4 aromatic carbocycles. The second kappa shape index (κ2) is 17.5. The van der Waals surface area contributed by atoms with Crippen LogP contribution in [0.5, 0.6) is 0 Å². The van der Waals surface area contributed by atoms with Crippen LogP contribution in [0.25, 0.3) is 0 Å². The third-order valence-corrected chi connectivity index (χ3v) is 6.39. The first kappa shape index (κ1) is 33.1. The molecule has 4 aromatic rings. The van der Waals surface area contributed by atoms with Crippen LogP contribution in [0, 0.1) is 13.3 Å². The molecule has 0 fully saturated rings. The summed E-state index contributed by atoms with van der Waals surface area (Å²) in [6, 6.07) is 38.8. The summed E-state index contributed by atoms with van der Waals surface area (Å²) in [5, 5.41) is 23.9. The second-order valence-electron chi connectivity index (χ2n) is 9.96. The van der Waals surface area contributed by atoms with E-state index in [1.165, 1.54) is 11.1 Å². The van der Waals surface area contributed by atoms with Crippen molar-refractivity contribution < 1.29 is 30.6 Å². The first-order chi connectivity index (χ1) is 21.6. The minimum absolute atomic E-state index is 0. The van der Waals surface area contributed by atoms with Crippen molar-refractivity contribution in [1.29, 1.82) is 0 Å². The van der Waals surface area contributed by atoms with Gasteiger partial charge in [-0.3, -0.25) is 9.98 Å². The number of nitrogens with zero attached hydrogens (tertiary/aromatic N) is 6. The normalized spacial score (nSPS) is 14.3. The van der Waals surface area contributed by atoms with Gasteiger partial charge in [0.05, 0.1) is 11.4 Å². The molecule has 2 heterocycles. The zero-order valence-electron chi connectivity index (χ0n) is 24.5. The smallest absolute Gasteiger partial charge is 0.860 e. The maximum atomic E-state index is 11.9. The van der Waals surface area contributed by atoms with Gasteiger partial charge in [-0.05, 0) is 47.2 Å². The molecule has 0 amide bonds. The van der Waals surface area contributed by atoms with Crippen molar-refractivity contribution in [1.82, 2.24) is 19.6 Å². The second-order valence-corrected chi connectivity index (χ2v) is 9.96. The Labute approximate surface area is 279 Å². The van der Waals surface area contributed by atoms with Gasteiger partial charge in [0.25, 0.3) is 0 Å². The van der Waals surface area contributed by atoms with Crippen LogP contribution in [-0.4, -0.2) is 44.5 Å². The fraction of sp³-hybridized carbons (Fsp3) is 0.111. The number of para-hydroxylation sites is 2. The fourth-order valence-corrected chi connectivity index (χ4v) is 4.35. The van der Waals surface area contributed by atoms with Gasteiger partial charge in [-0.25, -0.2) is 0 Å². The van der Waals surface area contributed by atoms with E-state index in [4.69, 9.17) is 0 Å². The Balaban J connectivity index is 0.000000200. The standard InChI is InChI=1S/2C18H17N3O.Pd/c2*22-18(19-17-9-5-2-6-10-17)14-21-12-11-20(15-21)13-16-7-3-1-4-8-16;/h2*1-12H,13-14H2,(H,19,22);/q;;+2/p-2. The monoisotopic (exact) mass is 686 g/mol. The van der Waals surface area contributed by atoms with E-state index >= 15 is 0 Å². The molecule has 0 bridgehead atoms. The van der Waals surface area contributed by atoms with Crippen LogP contribution >= 0.6 is 0 Å². The predicted molar refractivity (Wildman–Crippen MR) is 169 cm³/mol. The summed E-state index contributed by atoms with van der Waals surface area (Å²) in [5.41, 5.74) is 3.75. The summed E-state index contributed by atoms with van der Waals surface area (Å²) in [7, 11) is 0. The predicted octanol–water partition coefficient (Wildman–Crippen LogP) is 4.72. The van der Waals surface area contributed by atoms with Crippen molar-refractivity contribution in [2.45, 2.75) is 13.1 Å². The van der Waals surface area contributed by atoms with Crippen LogP contribution in [0.1, 0.15) is 11.1 Å². The summed E-state index contributed by atoms with van der Waals surface area (Å²) >= 11 is 0. The van der Waals surface area contributed by atoms with Crippen LogP contribution in [0.2, 0.25) is 0 Å². The number of benzene rings is 4. The fourth-order valence-electron chi connectivity index (χ4n) is 4.35. The van der Waals surface area contributed by atoms with Crippen LogP contribution in [0.15, 0.2) is 156 Å². The summed E-state index contributed by atoms with van der Waals surface area (Å²) in [6.07, 6.45) is 7.48. The van der Waals surface area contributed by atoms with Crippen molar-refractivity contribution in [2.24, 2.45) is 9.98 Å². The molecule has 8 nitrogen and oxygen atoms in total. The molecular formula is C36H32N6O2Pd. The Bertz CT molecular complexity index is 1430. The van der Waals surface area contributed by atoms with Gasteiger partial charge in [0.2, 0.25) is 13.3 Å². The molecule has 0 spiro atoms. The molecule has 0 N–H and O–H groups in total. The molecule has 2 aliphatic rings. The molecule has 4 radical (unpaired) electrons. The third-order valence-electron chi connectivity index (χ3n) is 6.39. The summed E-state index contributed by atoms with van der Waals surface area (Å²) in [6.45, 7) is 8.11. The van der Waals surface area contributed by atoms with E-state index in [2.05, 4.69) is 47.6 Å². The molecule has 0 unspecified atom stereocenters. The number of rotatable bonds is 10. The van der Waals surface area contributed by atoms with Crippen molar-refractivity contribution in [3.8, 4) is 0 Å². The molecule has 0 saturated carbocycles. The van der Waals surface area contributed by atoms with Crippen molar-refractivity contribution in [3.05, 3.63) is 171 Å². The first-order valence-corrected chi connectivity index (χ1v) is 14.2. The molecule has 6 rings (SSSR count). The summed E-state index contributed by atoms with van der Waals surface area (Å²) in [5.74, 6) is -0.380. The minimum atomic E-state index is -0.190. The number of hydrogen-bond acceptors (Lipinski definition) is 8. The topological polar surface area (TPSA) is 83.8 Å². The molecule has 0 aliphatic carbocycles. The Morgan fingerprint density at radius 1 is 0.467 bits per heavy atom. The Morgan fingerprint density at radius 3 is 1.13 bits per heavy atom. The molecule has 2 aliphatic heterocycles.